The molecule has 2 unspecified atom stereocenters. The van der Waals surface area contributed by atoms with Crippen molar-refractivity contribution in [3.8, 4) is 0 Å². The standard InChI is InChI=1S/C16H25NO3/c1-13(8-9-18)10-17-11-14(2)16(19)20-12-15-6-4-3-5-7-15/h3-7,13-14,17-18H,8-12H2,1-2H3. The van der Waals surface area contributed by atoms with E-state index >= 15 is 0 Å². The number of aliphatic hydroxyl groups is 1. The summed E-state index contributed by atoms with van der Waals surface area (Å²) in [6.45, 7) is 5.86. The van der Waals surface area contributed by atoms with Gasteiger partial charge in [0.25, 0.3) is 0 Å². The van der Waals surface area contributed by atoms with Gasteiger partial charge in [0.15, 0.2) is 0 Å². The molecule has 0 bridgehead atoms. The number of nitrogens with one attached hydrogen (secondary N) is 1. The van der Waals surface area contributed by atoms with Gasteiger partial charge in [0.05, 0.1) is 5.92 Å². The van der Waals surface area contributed by atoms with Crippen molar-refractivity contribution in [1.82, 2.24) is 5.32 Å². The largest absolute Gasteiger partial charge is 0.461 e. The molecule has 0 saturated carbocycles. The van der Waals surface area contributed by atoms with E-state index in [1.165, 1.54) is 0 Å². The zero-order valence-corrected chi connectivity index (χ0v) is 12.3. The predicted octanol–water partition coefficient (Wildman–Crippen LogP) is 1.97. The normalized spacial score (nSPS) is 13.8. The minimum atomic E-state index is -0.184. The second kappa shape index (κ2) is 9.50. The first-order chi connectivity index (χ1) is 9.63. The Morgan fingerprint density at radius 2 is 1.95 bits per heavy atom. The molecule has 0 fully saturated rings. The molecule has 2 N–H and O–H groups in total. The Morgan fingerprint density at radius 1 is 1.25 bits per heavy atom. The van der Waals surface area contributed by atoms with E-state index in [0.29, 0.717) is 19.1 Å². The van der Waals surface area contributed by atoms with E-state index in [1.54, 1.807) is 0 Å². The molecule has 112 valence electrons. The molecule has 0 amide bonds. The molecule has 0 radical (unpaired) electrons. The maximum Gasteiger partial charge on any atom is 0.310 e. The first-order valence-corrected chi connectivity index (χ1v) is 7.15. The number of benzene rings is 1. The smallest absolute Gasteiger partial charge is 0.310 e. The summed E-state index contributed by atoms with van der Waals surface area (Å²) in [6, 6.07) is 9.67. The van der Waals surface area contributed by atoms with E-state index in [9.17, 15) is 4.79 Å². The van der Waals surface area contributed by atoms with Gasteiger partial charge in [-0.05, 0) is 24.4 Å². The summed E-state index contributed by atoms with van der Waals surface area (Å²) in [5.41, 5.74) is 0.998. The van der Waals surface area contributed by atoms with E-state index in [1.807, 2.05) is 37.3 Å². The molecule has 0 aliphatic heterocycles. The van der Waals surface area contributed by atoms with Crippen molar-refractivity contribution in [1.29, 1.82) is 0 Å². The van der Waals surface area contributed by atoms with E-state index in [0.717, 1.165) is 18.5 Å². The number of carbonyl (C=O) groups is 1. The Labute approximate surface area is 121 Å². The number of carbonyl (C=O) groups excluding carboxylic acids is 1. The lowest BCUT2D eigenvalue weighted by atomic mass is 10.1. The summed E-state index contributed by atoms with van der Waals surface area (Å²) in [5.74, 6) is 0.0590. The van der Waals surface area contributed by atoms with Crippen molar-refractivity contribution < 1.29 is 14.6 Å². The van der Waals surface area contributed by atoms with Crippen LogP contribution in [0.15, 0.2) is 30.3 Å². The SMILES string of the molecule is CC(CCO)CNCC(C)C(=O)OCc1ccccc1. The average molecular weight is 279 g/mol. The van der Waals surface area contributed by atoms with Crippen LogP contribution in [0.2, 0.25) is 0 Å². The predicted molar refractivity (Wildman–Crippen MR) is 79.1 cm³/mol. The quantitative estimate of drug-likeness (QED) is 0.679. The van der Waals surface area contributed by atoms with Gasteiger partial charge in [-0.2, -0.15) is 0 Å². The lowest BCUT2D eigenvalue weighted by Crippen LogP contribution is -2.31. The van der Waals surface area contributed by atoms with Gasteiger partial charge in [-0.1, -0.05) is 44.2 Å². The summed E-state index contributed by atoms with van der Waals surface area (Å²) in [7, 11) is 0. The third-order valence-corrected chi connectivity index (χ3v) is 3.19. The van der Waals surface area contributed by atoms with Crippen molar-refractivity contribution in [3.63, 3.8) is 0 Å². The fourth-order valence-electron chi connectivity index (χ4n) is 1.82. The number of aliphatic hydroxyl groups excluding tert-OH is 1. The summed E-state index contributed by atoms with van der Waals surface area (Å²) in [5, 5.41) is 12.0. The zero-order valence-electron chi connectivity index (χ0n) is 12.3. The number of esters is 1. The molecular formula is C16H25NO3. The van der Waals surface area contributed by atoms with Crippen LogP contribution in [0, 0.1) is 11.8 Å². The molecule has 4 heteroatoms. The molecule has 0 aliphatic rings. The molecule has 20 heavy (non-hydrogen) atoms. The molecule has 0 saturated heterocycles. The Morgan fingerprint density at radius 3 is 2.60 bits per heavy atom. The molecule has 2 atom stereocenters. The lowest BCUT2D eigenvalue weighted by molar-refractivity contribution is -0.149. The highest BCUT2D eigenvalue weighted by atomic mass is 16.5. The minimum Gasteiger partial charge on any atom is -0.461 e. The third kappa shape index (κ3) is 6.68. The van der Waals surface area contributed by atoms with Gasteiger partial charge in [0.1, 0.15) is 6.61 Å². The average Bonchev–Trinajstić information content (AvgIpc) is 2.46. The molecular weight excluding hydrogens is 254 g/mol. The molecule has 0 aliphatic carbocycles. The fourth-order valence-corrected chi connectivity index (χ4v) is 1.82. The van der Waals surface area contributed by atoms with Crippen LogP contribution >= 0.6 is 0 Å². The van der Waals surface area contributed by atoms with Crippen LogP contribution in [-0.4, -0.2) is 30.8 Å². The second-order valence-electron chi connectivity index (χ2n) is 5.27. The molecule has 4 nitrogen and oxygen atoms in total. The third-order valence-electron chi connectivity index (χ3n) is 3.19. The first kappa shape index (κ1) is 16.7. The molecule has 0 aromatic heterocycles. The van der Waals surface area contributed by atoms with E-state index in [-0.39, 0.29) is 18.5 Å². The maximum atomic E-state index is 11.8. The summed E-state index contributed by atoms with van der Waals surface area (Å²) < 4.78 is 5.28. The molecule has 1 aromatic rings. The summed E-state index contributed by atoms with van der Waals surface area (Å²) in [4.78, 5) is 11.8. The summed E-state index contributed by atoms with van der Waals surface area (Å²) >= 11 is 0. The van der Waals surface area contributed by atoms with Crippen molar-refractivity contribution in [2.75, 3.05) is 19.7 Å². The van der Waals surface area contributed by atoms with Gasteiger partial charge in [-0.15, -0.1) is 0 Å². The lowest BCUT2D eigenvalue weighted by Gasteiger charge is -2.15. The van der Waals surface area contributed by atoms with Crippen LogP contribution in [0.1, 0.15) is 25.8 Å². The van der Waals surface area contributed by atoms with Gasteiger partial charge in [-0.25, -0.2) is 0 Å². The molecule has 1 rings (SSSR count). The molecule has 0 spiro atoms. The van der Waals surface area contributed by atoms with Crippen LogP contribution in [0.25, 0.3) is 0 Å². The Hall–Kier alpha value is -1.39. The van der Waals surface area contributed by atoms with Gasteiger partial charge in [0.2, 0.25) is 0 Å². The van der Waals surface area contributed by atoms with Crippen LogP contribution in [0.3, 0.4) is 0 Å². The van der Waals surface area contributed by atoms with Gasteiger partial charge >= 0.3 is 5.97 Å². The van der Waals surface area contributed by atoms with E-state index in [4.69, 9.17) is 9.84 Å². The minimum absolute atomic E-state index is 0.167. The number of rotatable bonds is 9. The maximum absolute atomic E-state index is 11.8. The van der Waals surface area contributed by atoms with Crippen LogP contribution in [0.4, 0.5) is 0 Å². The number of hydrogen-bond acceptors (Lipinski definition) is 4. The van der Waals surface area contributed by atoms with Crippen molar-refractivity contribution in [2.24, 2.45) is 11.8 Å². The van der Waals surface area contributed by atoms with Gasteiger partial charge in [-0.3, -0.25) is 4.79 Å². The summed E-state index contributed by atoms with van der Waals surface area (Å²) in [6.07, 6.45) is 0.778. The van der Waals surface area contributed by atoms with Gasteiger partial charge < -0.3 is 15.2 Å². The van der Waals surface area contributed by atoms with Crippen LogP contribution in [0.5, 0.6) is 0 Å². The Bertz CT molecular complexity index is 381. The highest BCUT2D eigenvalue weighted by Gasteiger charge is 2.14. The van der Waals surface area contributed by atoms with Crippen LogP contribution in [-0.2, 0) is 16.1 Å². The van der Waals surface area contributed by atoms with Gasteiger partial charge in [0, 0.05) is 13.2 Å². The van der Waals surface area contributed by atoms with Crippen molar-refractivity contribution in [2.45, 2.75) is 26.9 Å². The first-order valence-electron chi connectivity index (χ1n) is 7.15. The Kier molecular flexibility index (Phi) is 7.92. The molecule has 1 aromatic carbocycles. The van der Waals surface area contributed by atoms with Crippen LogP contribution < -0.4 is 5.32 Å². The Balaban J connectivity index is 2.19. The number of ether oxygens (including phenoxy) is 1. The van der Waals surface area contributed by atoms with Crippen molar-refractivity contribution >= 4 is 5.97 Å². The second-order valence-corrected chi connectivity index (χ2v) is 5.27. The van der Waals surface area contributed by atoms with Crippen molar-refractivity contribution in [3.05, 3.63) is 35.9 Å². The number of hydrogen-bond donors (Lipinski definition) is 2. The zero-order chi connectivity index (χ0) is 14.8. The topological polar surface area (TPSA) is 58.6 Å². The monoisotopic (exact) mass is 279 g/mol. The molecule has 0 heterocycles. The fraction of sp³-hybridized carbons (Fsp3) is 0.562. The highest BCUT2D eigenvalue weighted by Crippen LogP contribution is 2.05. The van der Waals surface area contributed by atoms with E-state index in [2.05, 4.69) is 12.2 Å². The highest BCUT2D eigenvalue weighted by molar-refractivity contribution is 5.72. The van der Waals surface area contributed by atoms with E-state index < -0.39 is 0 Å².